The topological polar surface area (TPSA) is 83.1 Å². The van der Waals surface area contributed by atoms with Crippen LogP contribution in [0.3, 0.4) is 0 Å². The van der Waals surface area contributed by atoms with Gasteiger partial charge in [-0.15, -0.1) is 0 Å². The number of aromatic amines is 1. The molecule has 0 amide bonds. The van der Waals surface area contributed by atoms with Crippen LogP contribution in [0.25, 0.3) is 11.0 Å². The fourth-order valence-electron chi connectivity index (χ4n) is 3.66. The first kappa shape index (κ1) is 19.2. The Morgan fingerprint density at radius 2 is 2.14 bits per heavy atom. The Hall–Kier alpha value is -2.16. The zero-order valence-electron chi connectivity index (χ0n) is 16.0. The third kappa shape index (κ3) is 3.36. The third-order valence-corrected chi connectivity index (χ3v) is 6.53. The fraction of sp³-hybridized carbons (Fsp3) is 0.400. The van der Waals surface area contributed by atoms with Gasteiger partial charge in [-0.1, -0.05) is 0 Å². The van der Waals surface area contributed by atoms with Gasteiger partial charge in [-0.25, -0.2) is 4.39 Å². The van der Waals surface area contributed by atoms with Crippen molar-refractivity contribution < 1.29 is 18.4 Å². The molecule has 0 aliphatic heterocycles. The van der Waals surface area contributed by atoms with E-state index in [1.54, 1.807) is 26.3 Å². The molecule has 3 atom stereocenters. The lowest BCUT2D eigenvalue weighted by molar-refractivity contribution is 0.0865. The zero-order chi connectivity index (χ0) is 19.8. The SMILES string of the molecule is CCOc1cc2[nH]c([S+]([O-])C3CCC(OC)c4cc(C)cnc43)nc2cc1F. The molecule has 3 unspecified atom stereocenters. The number of nitrogens with zero attached hydrogens (tertiary/aromatic N) is 2. The summed E-state index contributed by atoms with van der Waals surface area (Å²) in [6.45, 7) is 4.13. The monoisotopic (exact) mass is 403 g/mol. The highest BCUT2D eigenvalue weighted by Crippen LogP contribution is 2.43. The highest BCUT2D eigenvalue weighted by Gasteiger charge is 2.38. The van der Waals surface area contributed by atoms with Crippen molar-refractivity contribution in [2.75, 3.05) is 13.7 Å². The molecule has 1 aromatic carbocycles. The lowest BCUT2D eigenvalue weighted by Gasteiger charge is -2.29. The molecule has 0 saturated heterocycles. The highest BCUT2D eigenvalue weighted by molar-refractivity contribution is 7.91. The Morgan fingerprint density at radius 3 is 2.89 bits per heavy atom. The number of ether oxygens (including phenoxy) is 2. The van der Waals surface area contributed by atoms with Crippen molar-refractivity contribution in [2.45, 2.75) is 43.2 Å². The van der Waals surface area contributed by atoms with E-state index in [4.69, 9.17) is 9.47 Å². The Balaban J connectivity index is 1.70. The molecule has 0 spiro atoms. The number of methoxy groups -OCH3 is 1. The first-order valence-electron chi connectivity index (χ1n) is 9.23. The van der Waals surface area contributed by atoms with Crippen LogP contribution < -0.4 is 4.74 Å². The number of fused-ring (bicyclic) bond motifs is 2. The van der Waals surface area contributed by atoms with E-state index in [-0.39, 0.29) is 17.1 Å². The second-order valence-electron chi connectivity index (χ2n) is 6.85. The first-order valence-corrected chi connectivity index (χ1v) is 10.4. The molecule has 0 bridgehead atoms. The summed E-state index contributed by atoms with van der Waals surface area (Å²) in [5.74, 6) is -0.333. The number of benzene rings is 1. The van der Waals surface area contributed by atoms with Crippen LogP contribution in [0.2, 0.25) is 0 Å². The smallest absolute Gasteiger partial charge is 0.322 e. The Kier molecular flexibility index (Phi) is 5.27. The Bertz CT molecular complexity index is 1010. The summed E-state index contributed by atoms with van der Waals surface area (Å²) < 4.78 is 38.3. The van der Waals surface area contributed by atoms with E-state index < -0.39 is 17.0 Å². The number of nitrogens with one attached hydrogen (secondary N) is 1. The zero-order valence-corrected chi connectivity index (χ0v) is 16.8. The van der Waals surface area contributed by atoms with Crippen LogP contribution in [0.1, 0.15) is 47.9 Å². The van der Waals surface area contributed by atoms with Gasteiger partial charge in [-0.05, 0) is 31.9 Å². The molecule has 8 heteroatoms. The minimum absolute atomic E-state index is 0.0471. The Labute approximate surface area is 165 Å². The number of rotatable bonds is 5. The van der Waals surface area contributed by atoms with Crippen molar-refractivity contribution in [1.82, 2.24) is 15.0 Å². The summed E-state index contributed by atoms with van der Waals surface area (Å²) in [6, 6.07) is 4.90. The molecule has 4 rings (SSSR count). The predicted octanol–water partition coefficient (Wildman–Crippen LogP) is 4.13. The Morgan fingerprint density at radius 1 is 1.32 bits per heavy atom. The maximum absolute atomic E-state index is 14.1. The number of aromatic nitrogens is 3. The van der Waals surface area contributed by atoms with Gasteiger partial charge in [0.25, 0.3) is 0 Å². The van der Waals surface area contributed by atoms with Gasteiger partial charge in [0.1, 0.15) is 0 Å². The number of halogens is 1. The largest absolute Gasteiger partial charge is 0.608 e. The average molecular weight is 403 g/mol. The molecule has 148 valence electrons. The second-order valence-corrected chi connectivity index (χ2v) is 8.40. The standard InChI is InChI=1S/C20H22FN3O3S/c1-4-27-17-9-15-14(8-13(17)21)23-20(24-15)28(25)18-6-5-16(26-3)12-7-11(2)10-22-19(12)18/h7-10,16,18H,4-6H2,1-3H3,(H,23,24). The summed E-state index contributed by atoms with van der Waals surface area (Å²) in [6.07, 6.45) is 3.16. The molecule has 28 heavy (non-hydrogen) atoms. The van der Waals surface area contributed by atoms with Crippen LogP contribution in [-0.4, -0.2) is 33.2 Å². The maximum Gasteiger partial charge on any atom is 0.322 e. The summed E-state index contributed by atoms with van der Waals surface area (Å²) in [5, 5.41) is 0.0241. The molecule has 0 radical (unpaired) electrons. The van der Waals surface area contributed by atoms with Gasteiger partial charge in [0.15, 0.2) is 16.8 Å². The number of hydrogen-bond acceptors (Lipinski definition) is 5. The van der Waals surface area contributed by atoms with Crippen LogP contribution in [0.4, 0.5) is 4.39 Å². The van der Waals surface area contributed by atoms with Gasteiger partial charge in [-0.2, -0.15) is 4.98 Å². The lowest BCUT2D eigenvalue weighted by atomic mass is 9.92. The van der Waals surface area contributed by atoms with E-state index in [9.17, 15) is 8.94 Å². The van der Waals surface area contributed by atoms with Crippen LogP contribution in [0, 0.1) is 12.7 Å². The fourth-order valence-corrected chi connectivity index (χ4v) is 5.08. The van der Waals surface area contributed by atoms with E-state index in [0.717, 1.165) is 23.2 Å². The molecule has 0 fully saturated rings. The van der Waals surface area contributed by atoms with Crippen molar-refractivity contribution in [1.29, 1.82) is 0 Å². The summed E-state index contributed by atoms with van der Waals surface area (Å²) in [7, 11) is 1.68. The number of aryl methyl sites for hydroxylation is 1. The maximum atomic E-state index is 14.1. The van der Waals surface area contributed by atoms with E-state index in [1.165, 1.54) is 6.07 Å². The van der Waals surface area contributed by atoms with E-state index in [2.05, 4.69) is 15.0 Å². The molecule has 3 aromatic rings. The highest BCUT2D eigenvalue weighted by atomic mass is 32.2. The second kappa shape index (κ2) is 7.69. The van der Waals surface area contributed by atoms with Crippen molar-refractivity contribution >= 4 is 22.2 Å². The summed E-state index contributed by atoms with van der Waals surface area (Å²) in [4.78, 5) is 12.0. The summed E-state index contributed by atoms with van der Waals surface area (Å²) in [5.41, 5.74) is 3.81. The molecular formula is C20H22FN3O3S. The predicted molar refractivity (Wildman–Crippen MR) is 104 cm³/mol. The quantitative estimate of drug-likeness (QED) is 0.648. The summed E-state index contributed by atoms with van der Waals surface area (Å²) >= 11 is -1.45. The molecule has 1 aliphatic rings. The molecule has 1 aliphatic carbocycles. The van der Waals surface area contributed by atoms with Gasteiger partial charge < -0.3 is 14.0 Å². The van der Waals surface area contributed by atoms with Crippen molar-refractivity contribution in [3.8, 4) is 5.75 Å². The van der Waals surface area contributed by atoms with Crippen molar-refractivity contribution in [3.63, 3.8) is 0 Å². The number of H-pyrrole nitrogens is 1. The normalized spacial score (nSPS) is 20.2. The molecule has 0 saturated carbocycles. The molecule has 1 N–H and O–H groups in total. The minimum atomic E-state index is -1.45. The molecule has 6 nitrogen and oxygen atoms in total. The van der Waals surface area contributed by atoms with Crippen molar-refractivity contribution in [2.24, 2.45) is 0 Å². The lowest BCUT2D eigenvalue weighted by Crippen LogP contribution is -2.24. The minimum Gasteiger partial charge on any atom is -0.608 e. The number of hydrogen-bond donors (Lipinski definition) is 1. The van der Waals surface area contributed by atoms with Crippen LogP contribution in [0.5, 0.6) is 5.75 Å². The average Bonchev–Trinajstić information content (AvgIpc) is 3.09. The van der Waals surface area contributed by atoms with Crippen LogP contribution >= 0.6 is 0 Å². The van der Waals surface area contributed by atoms with E-state index in [0.29, 0.717) is 29.2 Å². The number of pyridine rings is 1. The molecule has 2 aromatic heterocycles. The molecular weight excluding hydrogens is 381 g/mol. The van der Waals surface area contributed by atoms with E-state index >= 15 is 0 Å². The first-order chi connectivity index (χ1) is 13.5. The van der Waals surface area contributed by atoms with Gasteiger partial charge in [0, 0.05) is 48.6 Å². The third-order valence-electron chi connectivity index (χ3n) is 4.98. The van der Waals surface area contributed by atoms with Gasteiger partial charge >= 0.3 is 5.16 Å². The van der Waals surface area contributed by atoms with Crippen LogP contribution in [0.15, 0.2) is 29.6 Å². The van der Waals surface area contributed by atoms with E-state index in [1.807, 2.05) is 13.0 Å². The van der Waals surface area contributed by atoms with Crippen molar-refractivity contribution in [3.05, 3.63) is 47.0 Å². The van der Waals surface area contributed by atoms with Gasteiger partial charge in [-0.3, -0.25) is 9.97 Å². The van der Waals surface area contributed by atoms with Gasteiger partial charge in [0.05, 0.1) is 29.4 Å². The van der Waals surface area contributed by atoms with Crippen LogP contribution in [-0.2, 0) is 15.9 Å². The number of imidazole rings is 1. The van der Waals surface area contributed by atoms with Gasteiger partial charge in [0.2, 0.25) is 0 Å². The molecule has 2 heterocycles.